The van der Waals surface area contributed by atoms with E-state index in [1.165, 1.54) is 23.8 Å². The average molecular weight is 391 g/mol. The number of benzene rings is 2. The highest BCUT2D eigenvalue weighted by molar-refractivity contribution is 5.82. The topological polar surface area (TPSA) is 56.8 Å². The SMILES string of the molecule is COC(=O)C12CNCC1C1(c3ccc4c(c3)OCCO4)CCC2c2ccccc21. The molecule has 29 heavy (non-hydrogen) atoms. The van der Waals surface area contributed by atoms with E-state index in [1.807, 2.05) is 6.07 Å². The first-order valence-corrected chi connectivity index (χ1v) is 10.5. The molecule has 2 aromatic carbocycles. The standard InChI is InChI=1S/C24H25NO4/c1-27-22(26)24-14-25-13-21(24)23(9-8-18(24)16-4-2-3-5-17(16)23)15-6-7-19-20(12-15)29-11-10-28-19/h2-7,12,18,21,25H,8-11,13-14H2,1H3. The molecule has 5 nitrogen and oxygen atoms in total. The van der Waals surface area contributed by atoms with Gasteiger partial charge < -0.3 is 19.5 Å². The fourth-order valence-corrected chi connectivity index (χ4v) is 6.84. The first-order chi connectivity index (χ1) is 14.2. The summed E-state index contributed by atoms with van der Waals surface area (Å²) in [4.78, 5) is 13.3. The van der Waals surface area contributed by atoms with Gasteiger partial charge in [0.15, 0.2) is 11.5 Å². The smallest absolute Gasteiger partial charge is 0.314 e. The highest BCUT2D eigenvalue weighted by Crippen LogP contribution is 2.68. The summed E-state index contributed by atoms with van der Waals surface area (Å²) in [6, 6.07) is 15.1. The minimum Gasteiger partial charge on any atom is -0.486 e. The Labute approximate surface area is 170 Å². The molecule has 2 aromatic rings. The van der Waals surface area contributed by atoms with E-state index in [-0.39, 0.29) is 23.2 Å². The molecule has 0 aromatic heterocycles. The Kier molecular flexibility index (Phi) is 3.58. The maximum absolute atomic E-state index is 13.3. The van der Waals surface area contributed by atoms with Crippen molar-refractivity contribution < 1.29 is 19.0 Å². The summed E-state index contributed by atoms with van der Waals surface area (Å²) in [5.74, 6) is 1.89. The van der Waals surface area contributed by atoms with Crippen molar-refractivity contribution in [1.82, 2.24) is 5.32 Å². The number of rotatable bonds is 2. The Morgan fingerprint density at radius 1 is 1.14 bits per heavy atom. The third-order valence-corrected chi connectivity index (χ3v) is 7.87. The molecule has 1 saturated heterocycles. The molecule has 0 radical (unpaired) electrons. The zero-order valence-electron chi connectivity index (χ0n) is 16.6. The number of hydrogen-bond donors (Lipinski definition) is 1. The predicted octanol–water partition coefficient (Wildman–Crippen LogP) is 3.01. The van der Waals surface area contributed by atoms with Crippen LogP contribution in [0, 0.1) is 11.3 Å². The van der Waals surface area contributed by atoms with Gasteiger partial charge in [0.2, 0.25) is 0 Å². The van der Waals surface area contributed by atoms with E-state index in [0.29, 0.717) is 19.8 Å². The van der Waals surface area contributed by atoms with Gasteiger partial charge in [-0.05, 0) is 41.7 Å². The number of carbonyl (C=O) groups excluding carboxylic acids is 1. The molecular formula is C24H25NO4. The van der Waals surface area contributed by atoms with E-state index >= 15 is 0 Å². The lowest BCUT2D eigenvalue weighted by atomic mass is 9.42. The van der Waals surface area contributed by atoms with Gasteiger partial charge >= 0.3 is 5.97 Å². The number of methoxy groups -OCH3 is 1. The monoisotopic (exact) mass is 391 g/mol. The van der Waals surface area contributed by atoms with Crippen LogP contribution in [0.3, 0.4) is 0 Å². The Morgan fingerprint density at radius 2 is 1.97 bits per heavy atom. The van der Waals surface area contributed by atoms with Crippen LogP contribution in [0.1, 0.15) is 35.4 Å². The zero-order chi connectivity index (χ0) is 19.6. The van der Waals surface area contributed by atoms with Crippen LogP contribution in [0.25, 0.3) is 0 Å². The molecule has 5 aliphatic rings. The van der Waals surface area contributed by atoms with Crippen molar-refractivity contribution in [1.29, 1.82) is 0 Å². The van der Waals surface area contributed by atoms with Gasteiger partial charge in [-0.3, -0.25) is 4.79 Å². The number of fused-ring (bicyclic) bond motifs is 2. The van der Waals surface area contributed by atoms with Gasteiger partial charge in [-0.25, -0.2) is 0 Å². The van der Waals surface area contributed by atoms with Crippen LogP contribution >= 0.6 is 0 Å². The average Bonchev–Trinajstić information content (AvgIpc) is 3.26. The van der Waals surface area contributed by atoms with Gasteiger partial charge in [-0.15, -0.1) is 0 Å². The minimum absolute atomic E-state index is 0.0754. The van der Waals surface area contributed by atoms with E-state index in [9.17, 15) is 4.79 Å². The van der Waals surface area contributed by atoms with Crippen LogP contribution in [0.2, 0.25) is 0 Å². The van der Waals surface area contributed by atoms with Crippen LogP contribution < -0.4 is 14.8 Å². The van der Waals surface area contributed by atoms with Crippen LogP contribution in [-0.4, -0.2) is 39.4 Å². The molecule has 1 N–H and O–H groups in total. The first-order valence-electron chi connectivity index (χ1n) is 10.5. The minimum atomic E-state index is -0.519. The summed E-state index contributed by atoms with van der Waals surface area (Å²) in [7, 11) is 1.53. The number of ether oxygens (including phenoxy) is 3. The quantitative estimate of drug-likeness (QED) is 0.798. The third kappa shape index (κ3) is 2.01. The lowest BCUT2D eigenvalue weighted by Gasteiger charge is -2.59. The van der Waals surface area contributed by atoms with Crippen LogP contribution in [0.5, 0.6) is 11.5 Å². The second kappa shape index (κ2) is 5.99. The molecule has 2 heterocycles. The van der Waals surface area contributed by atoms with Crippen molar-refractivity contribution in [3.8, 4) is 11.5 Å². The molecule has 7 rings (SSSR count). The summed E-state index contributed by atoms with van der Waals surface area (Å²) in [6.07, 6.45) is 2.01. The molecule has 2 aliphatic heterocycles. The first kappa shape index (κ1) is 17.3. The number of nitrogens with one attached hydrogen (secondary N) is 1. The summed E-state index contributed by atoms with van der Waals surface area (Å²) in [5.41, 5.74) is 3.13. The summed E-state index contributed by atoms with van der Waals surface area (Å²) >= 11 is 0. The van der Waals surface area contributed by atoms with Gasteiger partial charge in [0.05, 0.1) is 12.5 Å². The van der Waals surface area contributed by atoms with Crippen molar-refractivity contribution in [3.05, 3.63) is 59.2 Å². The molecule has 5 heteroatoms. The molecule has 0 spiro atoms. The van der Waals surface area contributed by atoms with Crippen molar-refractivity contribution in [2.24, 2.45) is 11.3 Å². The molecule has 2 fully saturated rings. The Bertz CT molecular complexity index is 1000. The number of esters is 1. The van der Waals surface area contributed by atoms with Crippen LogP contribution in [0.4, 0.5) is 0 Å². The second-order valence-electron chi connectivity index (χ2n) is 8.72. The fourth-order valence-electron chi connectivity index (χ4n) is 6.84. The molecule has 4 atom stereocenters. The van der Waals surface area contributed by atoms with Crippen molar-refractivity contribution in [2.45, 2.75) is 24.2 Å². The normalized spacial score (nSPS) is 33.7. The molecule has 0 amide bonds. The maximum Gasteiger partial charge on any atom is 0.314 e. The summed E-state index contributed by atoms with van der Waals surface area (Å²) in [5, 5.41) is 3.56. The van der Waals surface area contributed by atoms with E-state index in [1.54, 1.807) is 0 Å². The second-order valence-corrected chi connectivity index (χ2v) is 8.72. The third-order valence-electron chi connectivity index (χ3n) is 7.87. The van der Waals surface area contributed by atoms with Crippen LogP contribution in [0.15, 0.2) is 42.5 Å². The van der Waals surface area contributed by atoms with E-state index < -0.39 is 5.41 Å². The van der Waals surface area contributed by atoms with E-state index in [4.69, 9.17) is 14.2 Å². The van der Waals surface area contributed by atoms with E-state index in [0.717, 1.165) is 30.9 Å². The lowest BCUT2D eigenvalue weighted by molar-refractivity contribution is -0.161. The van der Waals surface area contributed by atoms with Gasteiger partial charge in [0.1, 0.15) is 13.2 Å². The number of carbonyl (C=O) groups is 1. The Balaban J connectivity index is 1.62. The predicted molar refractivity (Wildman–Crippen MR) is 107 cm³/mol. The van der Waals surface area contributed by atoms with Crippen molar-refractivity contribution in [3.63, 3.8) is 0 Å². The Hall–Kier alpha value is -2.53. The summed E-state index contributed by atoms with van der Waals surface area (Å²) < 4.78 is 17.1. The van der Waals surface area contributed by atoms with Gasteiger partial charge in [0, 0.05) is 30.3 Å². The van der Waals surface area contributed by atoms with Gasteiger partial charge in [-0.2, -0.15) is 0 Å². The zero-order valence-corrected chi connectivity index (χ0v) is 16.6. The molecule has 1 saturated carbocycles. The molecule has 150 valence electrons. The molecule has 2 bridgehead atoms. The highest BCUT2D eigenvalue weighted by atomic mass is 16.6. The number of hydrogen-bond acceptors (Lipinski definition) is 5. The summed E-state index contributed by atoms with van der Waals surface area (Å²) in [6.45, 7) is 2.64. The largest absolute Gasteiger partial charge is 0.486 e. The van der Waals surface area contributed by atoms with Crippen LogP contribution in [-0.2, 0) is 14.9 Å². The molecular weight excluding hydrogens is 366 g/mol. The van der Waals surface area contributed by atoms with Crippen molar-refractivity contribution in [2.75, 3.05) is 33.4 Å². The lowest BCUT2D eigenvalue weighted by Crippen LogP contribution is -2.60. The van der Waals surface area contributed by atoms with E-state index in [2.05, 4.69) is 41.7 Å². The molecule has 3 aliphatic carbocycles. The van der Waals surface area contributed by atoms with Gasteiger partial charge in [-0.1, -0.05) is 30.3 Å². The molecule has 4 unspecified atom stereocenters. The maximum atomic E-state index is 13.3. The fraction of sp³-hybridized carbons (Fsp3) is 0.458. The Morgan fingerprint density at radius 3 is 2.83 bits per heavy atom. The van der Waals surface area contributed by atoms with Gasteiger partial charge in [0.25, 0.3) is 0 Å². The van der Waals surface area contributed by atoms with Crippen molar-refractivity contribution >= 4 is 5.97 Å². The highest BCUT2D eigenvalue weighted by Gasteiger charge is 2.69.